The Morgan fingerprint density at radius 1 is 1.29 bits per heavy atom. The largest absolute Gasteiger partial charge is 0.439 e. The summed E-state index contributed by atoms with van der Waals surface area (Å²) in [5.74, 6) is -0.496. The summed E-state index contributed by atoms with van der Waals surface area (Å²) in [6.45, 7) is -0.103. The van der Waals surface area contributed by atoms with Crippen LogP contribution >= 0.6 is 0 Å². The summed E-state index contributed by atoms with van der Waals surface area (Å²) in [6, 6.07) is 7.88. The molecule has 1 aliphatic rings. The Balaban J connectivity index is 1.78. The predicted octanol–water partition coefficient (Wildman–Crippen LogP) is 2.99. The maximum absolute atomic E-state index is 13.0. The quantitative estimate of drug-likeness (QED) is 0.723. The van der Waals surface area contributed by atoms with E-state index in [2.05, 4.69) is 10.3 Å². The number of pyridine rings is 1. The van der Waals surface area contributed by atoms with E-state index in [0.29, 0.717) is 12.8 Å². The number of alkyl halides is 3. The SMILES string of the molecule is NCc1cc(Oc2cccc(C(=O)N[C@H]3CCC[C@H]3O)c2)nc(C(F)(F)F)c1. The molecule has 28 heavy (non-hydrogen) atoms. The van der Waals surface area contributed by atoms with E-state index in [1.165, 1.54) is 18.2 Å². The van der Waals surface area contributed by atoms with Crippen LogP contribution in [0.5, 0.6) is 11.6 Å². The molecular weight excluding hydrogens is 375 g/mol. The normalized spacial score (nSPS) is 19.5. The number of aliphatic hydroxyl groups excluding tert-OH is 1. The molecule has 6 nitrogen and oxygen atoms in total. The average molecular weight is 395 g/mol. The van der Waals surface area contributed by atoms with Gasteiger partial charge in [0.25, 0.3) is 5.91 Å². The highest BCUT2D eigenvalue weighted by Gasteiger charge is 2.33. The van der Waals surface area contributed by atoms with Crippen molar-refractivity contribution in [3.63, 3.8) is 0 Å². The second kappa shape index (κ2) is 8.15. The highest BCUT2D eigenvalue weighted by Crippen LogP contribution is 2.31. The lowest BCUT2D eigenvalue weighted by Crippen LogP contribution is -2.39. The first-order valence-corrected chi connectivity index (χ1v) is 8.81. The summed E-state index contributed by atoms with van der Waals surface area (Å²) in [4.78, 5) is 15.9. The van der Waals surface area contributed by atoms with Gasteiger partial charge in [-0.3, -0.25) is 4.79 Å². The van der Waals surface area contributed by atoms with Crippen molar-refractivity contribution in [2.75, 3.05) is 0 Å². The molecule has 0 saturated heterocycles. The zero-order chi connectivity index (χ0) is 20.3. The third kappa shape index (κ3) is 4.79. The van der Waals surface area contributed by atoms with E-state index in [4.69, 9.17) is 10.5 Å². The van der Waals surface area contributed by atoms with Crippen LogP contribution in [0.25, 0.3) is 0 Å². The summed E-state index contributed by atoms with van der Waals surface area (Å²) in [7, 11) is 0. The van der Waals surface area contributed by atoms with Gasteiger partial charge in [-0.05, 0) is 49.1 Å². The monoisotopic (exact) mass is 395 g/mol. The lowest BCUT2D eigenvalue weighted by atomic mass is 10.1. The van der Waals surface area contributed by atoms with Gasteiger partial charge in [0.1, 0.15) is 11.4 Å². The fourth-order valence-corrected chi connectivity index (χ4v) is 3.06. The van der Waals surface area contributed by atoms with Crippen LogP contribution in [-0.4, -0.2) is 28.1 Å². The molecule has 0 bridgehead atoms. The molecule has 0 spiro atoms. The molecule has 1 aromatic carbocycles. The Morgan fingerprint density at radius 3 is 2.71 bits per heavy atom. The van der Waals surface area contributed by atoms with Gasteiger partial charge in [0.15, 0.2) is 0 Å². The van der Waals surface area contributed by atoms with E-state index >= 15 is 0 Å². The van der Waals surface area contributed by atoms with Gasteiger partial charge in [-0.1, -0.05) is 6.07 Å². The van der Waals surface area contributed by atoms with Crippen molar-refractivity contribution >= 4 is 5.91 Å². The molecule has 1 amide bonds. The smallest absolute Gasteiger partial charge is 0.433 e. The van der Waals surface area contributed by atoms with Gasteiger partial charge in [-0.2, -0.15) is 13.2 Å². The lowest BCUT2D eigenvalue weighted by Gasteiger charge is -2.16. The number of carbonyl (C=O) groups excluding carboxylic acids is 1. The molecule has 3 rings (SSSR count). The van der Waals surface area contributed by atoms with Crippen molar-refractivity contribution < 1.29 is 27.8 Å². The molecule has 1 aromatic heterocycles. The molecule has 0 aliphatic heterocycles. The van der Waals surface area contributed by atoms with Crippen LogP contribution in [0.15, 0.2) is 36.4 Å². The summed E-state index contributed by atoms with van der Waals surface area (Å²) in [5.41, 5.74) is 4.84. The fourth-order valence-electron chi connectivity index (χ4n) is 3.06. The summed E-state index contributed by atoms with van der Waals surface area (Å²) in [6.07, 6.45) is -3.04. The summed E-state index contributed by atoms with van der Waals surface area (Å²) < 4.78 is 44.4. The van der Waals surface area contributed by atoms with Crippen molar-refractivity contribution in [3.8, 4) is 11.6 Å². The van der Waals surface area contributed by atoms with Crippen LogP contribution < -0.4 is 15.8 Å². The van der Waals surface area contributed by atoms with Gasteiger partial charge in [-0.15, -0.1) is 0 Å². The first-order chi connectivity index (χ1) is 13.3. The number of nitrogens with one attached hydrogen (secondary N) is 1. The average Bonchev–Trinajstić information content (AvgIpc) is 3.05. The van der Waals surface area contributed by atoms with Crippen LogP contribution in [0.3, 0.4) is 0 Å². The Labute approximate surface area is 159 Å². The molecule has 1 fully saturated rings. The molecule has 2 atom stereocenters. The number of nitrogens with zero attached hydrogens (tertiary/aromatic N) is 1. The Hall–Kier alpha value is -2.65. The number of benzene rings is 1. The molecule has 9 heteroatoms. The minimum Gasteiger partial charge on any atom is -0.439 e. The van der Waals surface area contributed by atoms with Crippen molar-refractivity contribution in [1.82, 2.24) is 10.3 Å². The van der Waals surface area contributed by atoms with E-state index in [-0.39, 0.29) is 35.3 Å². The summed E-state index contributed by atoms with van der Waals surface area (Å²) >= 11 is 0. The third-order valence-corrected chi connectivity index (χ3v) is 4.50. The van der Waals surface area contributed by atoms with Crippen molar-refractivity contribution in [1.29, 1.82) is 0 Å². The number of aliphatic hydroxyl groups is 1. The van der Waals surface area contributed by atoms with Gasteiger partial charge in [0, 0.05) is 18.2 Å². The van der Waals surface area contributed by atoms with Crippen molar-refractivity contribution in [3.05, 3.63) is 53.2 Å². The minimum atomic E-state index is -4.63. The van der Waals surface area contributed by atoms with Gasteiger partial charge < -0.3 is 20.9 Å². The van der Waals surface area contributed by atoms with Crippen LogP contribution in [-0.2, 0) is 12.7 Å². The van der Waals surface area contributed by atoms with Crippen LogP contribution in [0.4, 0.5) is 13.2 Å². The molecule has 0 unspecified atom stereocenters. The molecule has 1 saturated carbocycles. The zero-order valence-corrected chi connectivity index (χ0v) is 14.9. The van der Waals surface area contributed by atoms with Crippen LogP contribution in [0.1, 0.15) is 40.9 Å². The number of hydrogen-bond donors (Lipinski definition) is 3. The molecule has 2 aromatic rings. The number of hydrogen-bond acceptors (Lipinski definition) is 5. The van der Waals surface area contributed by atoms with Gasteiger partial charge in [0.05, 0.1) is 12.1 Å². The topological polar surface area (TPSA) is 97.5 Å². The van der Waals surface area contributed by atoms with Gasteiger partial charge >= 0.3 is 6.18 Å². The Bertz CT molecular complexity index is 858. The van der Waals surface area contributed by atoms with Crippen molar-refractivity contribution in [2.24, 2.45) is 5.73 Å². The first kappa shape index (κ1) is 20.1. The molecule has 1 aliphatic carbocycles. The highest BCUT2D eigenvalue weighted by molar-refractivity contribution is 5.94. The number of carbonyl (C=O) groups is 1. The second-order valence-corrected chi connectivity index (χ2v) is 6.61. The van der Waals surface area contributed by atoms with E-state index in [1.54, 1.807) is 12.1 Å². The number of amides is 1. The van der Waals surface area contributed by atoms with Gasteiger partial charge in [0.2, 0.25) is 5.88 Å². The number of halogens is 3. The van der Waals surface area contributed by atoms with E-state index in [0.717, 1.165) is 12.5 Å². The van der Waals surface area contributed by atoms with E-state index in [9.17, 15) is 23.1 Å². The lowest BCUT2D eigenvalue weighted by molar-refractivity contribution is -0.141. The Morgan fingerprint density at radius 2 is 2.07 bits per heavy atom. The van der Waals surface area contributed by atoms with Crippen molar-refractivity contribution in [2.45, 2.75) is 44.1 Å². The number of rotatable bonds is 5. The number of nitrogens with two attached hydrogens (primary N) is 1. The molecule has 1 heterocycles. The maximum Gasteiger partial charge on any atom is 0.433 e. The van der Waals surface area contributed by atoms with E-state index in [1.807, 2.05) is 0 Å². The third-order valence-electron chi connectivity index (χ3n) is 4.50. The van der Waals surface area contributed by atoms with Crippen LogP contribution in [0, 0.1) is 0 Å². The number of aromatic nitrogens is 1. The molecule has 0 radical (unpaired) electrons. The van der Waals surface area contributed by atoms with Crippen LogP contribution in [0.2, 0.25) is 0 Å². The maximum atomic E-state index is 13.0. The van der Waals surface area contributed by atoms with E-state index < -0.39 is 23.9 Å². The Kier molecular flexibility index (Phi) is 5.85. The predicted molar refractivity (Wildman–Crippen MR) is 94.8 cm³/mol. The molecule has 150 valence electrons. The number of ether oxygens (including phenoxy) is 1. The molecular formula is C19H20F3N3O3. The summed E-state index contributed by atoms with van der Waals surface area (Å²) in [5, 5.41) is 12.6. The molecule has 4 N–H and O–H groups in total. The highest BCUT2D eigenvalue weighted by atomic mass is 19.4. The standard InChI is InChI=1S/C19H20F3N3O3/c20-19(21,22)16-7-11(10-23)8-17(25-16)28-13-4-1-3-12(9-13)18(27)24-14-5-2-6-15(14)26/h1,3-4,7-9,14-15,26H,2,5-6,10,23H2,(H,24,27)/t14-,15+/m0/s1. The first-order valence-electron chi connectivity index (χ1n) is 8.81. The second-order valence-electron chi connectivity index (χ2n) is 6.61. The zero-order valence-electron chi connectivity index (χ0n) is 14.9. The fraction of sp³-hybridized carbons (Fsp3) is 0.368. The minimum absolute atomic E-state index is 0.103. The van der Waals surface area contributed by atoms with Gasteiger partial charge in [-0.25, -0.2) is 4.98 Å².